The molecule has 1 aromatic rings. The highest BCUT2D eigenvalue weighted by molar-refractivity contribution is 5.88. The minimum Gasteiger partial charge on any atom is -0.478 e. The fourth-order valence-corrected chi connectivity index (χ4v) is 1.84. The summed E-state index contributed by atoms with van der Waals surface area (Å²) in [6.07, 6.45) is -0.505. The van der Waals surface area contributed by atoms with Crippen LogP contribution in [0.4, 0.5) is 10.5 Å². The summed E-state index contributed by atoms with van der Waals surface area (Å²) in [5.41, 5.74) is 6.34. The third kappa shape index (κ3) is 6.15. The van der Waals surface area contributed by atoms with Crippen molar-refractivity contribution in [3.05, 3.63) is 29.3 Å². The van der Waals surface area contributed by atoms with Crippen LogP contribution in [0.2, 0.25) is 0 Å². The van der Waals surface area contributed by atoms with Crippen molar-refractivity contribution in [3.63, 3.8) is 0 Å². The summed E-state index contributed by atoms with van der Waals surface area (Å²) in [7, 11) is 1.53. The molecular weight excluding hydrogens is 300 g/mol. The van der Waals surface area contributed by atoms with E-state index in [-0.39, 0.29) is 12.1 Å². The van der Waals surface area contributed by atoms with Crippen LogP contribution in [0.1, 0.15) is 36.7 Å². The van der Waals surface area contributed by atoms with Crippen LogP contribution in [0.5, 0.6) is 0 Å². The second-order valence-electron chi connectivity index (χ2n) is 6.11. The highest BCUT2D eigenvalue weighted by Gasteiger charge is 2.23. The molecule has 0 saturated carbocycles. The number of nitrogen functional groups attached to an aromatic ring is 1. The van der Waals surface area contributed by atoms with Crippen molar-refractivity contribution >= 4 is 17.7 Å². The molecule has 0 unspecified atom stereocenters. The van der Waals surface area contributed by atoms with Gasteiger partial charge in [-0.3, -0.25) is 0 Å². The fourth-order valence-electron chi connectivity index (χ4n) is 1.84. The molecule has 0 aliphatic heterocycles. The zero-order chi connectivity index (χ0) is 17.6. The number of anilines is 1. The van der Waals surface area contributed by atoms with Gasteiger partial charge in [0.25, 0.3) is 0 Å². The van der Waals surface area contributed by atoms with Crippen molar-refractivity contribution in [3.8, 4) is 0 Å². The van der Waals surface area contributed by atoms with Crippen LogP contribution in [-0.4, -0.2) is 47.9 Å². The van der Waals surface area contributed by atoms with Gasteiger partial charge in [-0.05, 0) is 44.5 Å². The molecular formula is C16H24N2O5. The number of carboxylic acid groups (broad SMARTS) is 1. The van der Waals surface area contributed by atoms with Crippen molar-refractivity contribution in [1.29, 1.82) is 0 Å². The second kappa shape index (κ2) is 7.82. The van der Waals surface area contributed by atoms with Crippen LogP contribution in [-0.2, 0) is 16.0 Å². The Hall–Kier alpha value is -2.28. The number of ether oxygens (including phenoxy) is 2. The first-order chi connectivity index (χ1) is 10.6. The summed E-state index contributed by atoms with van der Waals surface area (Å²) >= 11 is 0. The second-order valence-corrected chi connectivity index (χ2v) is 6.11. The summed E-state index contributed by atoms with van der Waals surface area (Å²) in [5, 5.41) is 9.07. The summed E-state index contributed by atoms with van der Waals surface area (Å²) < 4.78 is 10.4. The quantitative estimate of drug-likeness (QED) is 0.779. The molecule has 0 atom stereocenters. The zero-order valence-electron chi connectivity index (χ0n) is 14.0. The molecule has 0 radical (unpaired) electrons. The van der Waals surface area contributed by atoms with Crippen molar-refractivity contribution in [2.75, 3.05) is 26.0 Å². The van der Waals surface area contributed by atoms with Crippen LogP contribution < -0.4 is 5.73 Å². The van der Waals surface area contributed by atoms with E-state index in [2.05, 4.69) is 0 Å². The Bertz CT molecular complexity index is 566. The number of methoxy groups -OCH3 is 1. The number of hydrogen-bond donors (Lipinski definition) is 2. The molecule has 0 heterocycles. The number of carbonyl (C=O) groups excluding carboxylic acids is 1. The third-order valence-corrected chi connectivity index (χ3v) is 2.97. The lowest BCUT2D eigenvalue weighted by Gasteiger charge is -2.27. The Morgan fingerprint density at radius 1 is 1.30 bits per heavy atom. The standard InChI is InChI=1S/C16H24N2O5/c1-16(2,3)23-15(21)18(7-8-22-4)10-12-9-11(14(19)20)5-6-13(12)17/h5-6,9H,7-8,10,17H2,1-4H3,(H,19,20). The number of rotatable bonds is 6. The number of carboxylic acids is 1. The lowest BCUT2D eigenvalue weighted by Crippen LogP contribution is -2.38. The zero-order valence-corrected chi connectivity index (χ0v) is 14.0. The Morgan fingerprint density at radius 3 is 2.48 bits per heavy atom. The van der Waals surface area contributed by atoms with Crippen molar-refractivity contribution in [2.24, 2.45) is 0 Å². The topological polar surface area (TPSA) is 102 Å². The van der Waals surface area contributed by atoms with E-state index in [0.717, 1.165) is 0 Å². The SMILES string of the molecule is COCCN(Cc1cc(C(=O)O)ccc1N)C(=O)OC(C)(C)C. The van der Waals surface area contributed by atoms with Crippen molar-refractivity contribution in [1.82, 2.24) is 4.90 Å². The van der Waals surface area contributed by atoms with Crippen LogP contribution in [0.3, 0.4) is 0 Å². The number of nitrogens with zero attached hydrogens (tertiary/aromatic N) is 1. The van der Waals surface area contributed by atoms with Gasteiger partial charge >= 0.3 is 12.1 Å². The van der Waals surface area contributed by atoms with Crippen molar-refractivity contribution in [2.45, 2.75) is 32.9 Å². The van der Waals surface area contributed by atoms with Gasteiger partial charge in [0.2, 0.25) is 0 Å². The van der Waals surface area contributed by atoms with Gasteiger partial charge in [-0.15, -0.1) is 0 Å². The third-order valence-electron chi connectivity index (χ3n) is 2.97. The minimum atomic E-state index is -1.05. The number of amides is 1. The number of hydrogen-bond acceptors (Lipinski definition) is 5. The molecule has 128 valence electrons. The first-order valence-electron chi connectivity index (χ1n) is 7.22. The Morgan fingerprint density at radius 2 is 1.96 bits per heavy atom. The molecule has 1 aromatic carbocycles. The average molecular weight is 324 g/mol. The van der Waals surface area contributed by atoms with Gasteiger partial charge in [-0.1, -0.05) is 0 Å². The Balaban J connectivity index is 2.98. The van der Waals surface area contributed by atoms with Gasteiger partial charge in [0.1, 0.15) is 5.60 Å². The van der Waals surface area contributed by atoms with Crippen LogP contribution >= 0.6 is 0 Å². The maximum atomic E-state index is 12.3. The van der Waals surface area contributed by atoms with Gasteiger partial charge in [0.15, 0.2) is 0 Å². The molecule has 1 amide bonds. The first-order valence-corrected chi connectivity index (χ1v) is 7.22. The van der Waals surface area contributed by atoms with Crippen molar-refractivity contribution < 1.29 is 24.2 Å². The van der Waals surface area contributed by atoms with E-state index in [1.54, 1.807) is 20.8 Å². The maximum absolute atomic E-state index is 12.3. The van der Waals surface area contributed by atoms with E-state index in [0.29, 0.717) is 24.4 Å². The molecule has 0 bridgehead atoms. The Labute approximate surface area is 136 Å². The molecule has 7 nitrogen and oxygen atoms in total. The summed E-state index contributed by atoms with van der Waals surface area (Å²) in [6.45, 7) is 6.11. The normalized spacial score (nSPS) is 11.1. The van der Waals surface area contributed by atoms with Crippen LogP contribution in [0, 0.1) is 0 Å². The van der Waals surface area contributed by atoms with Gasteiger partial charge in [-0.25, -0.2) is 9.59 Å². The van der Waals surface area contributed by atoms with E-state index in [1.807, 2.05) is 0 Å². The average Bonchev–Trinajstić information content (AvgIpc) is 2.42. The molecule has 0 aromatic heterocycles. The summed E-state index contributed by atoms with van der Waals surface area (Å²) in [4.78, 5) is 24.8. The summed E-state index contributed by atoms with van der Waals surface area (Å²) in [5.74, 6) is -1.05. The predicted octanol–water partition coefficient (Wildman–Crippen LogP) is 2.35. The van der Waals surface area contributed by atoms with Crippen LogP contribution in [0.25, 0.3) is 0 Å². The minimum absolute atomic E-state index is 0.116. The maximum Gasteiger partial charge on any atom is 0.410 e. The van der Waals surface area contributed by atoms with E-state index >= 15 is 0 Å². The lowest BCUT2D eigenvalue weighted by molar-refractivity contribution is 0.0184. The monoisotopic (exact) mass is 324 g/mol. The molecule has 0 aliphatic rings. The molecule has 0 aliphatic carbocycles. The number of nitrogens with two attached hydrogens (primary N) is 1. The van der Waals surface area contributed by atoms with E-state index in [4.69, 9.17) is 20.3 Å². The molecule has 0 fully saturated rings. The lowest BCUT2D eigenvalue weighted by atomic mass is 10.1. The largest absolute Gasteiger partial charge is 0.478 e. The Kier molecular flexibility index (Phi) is 6.38. The highest BCUT2D eigenvalue weighted by Crippen LogP contribution is 2.18. The smallest absolute Gasteiger partial charge is 0.410 e. The molecule has 7 heteroatoms. The fraction of sp³-hybridized carbons (Fsp3) is 0.500. The van der Waals surface area contributed by atoms with E-state index in [9.17, 15) is 9.59 Å². The van der Waals surface area contributed by atoms with Crippen LogP contribution in [0.15, 0.2) is 18.2 Å². The molecule has 1 rings (SSSR count). The van der Waals surface area contributed by atoms with E-state index < -0.39 is 17.7 Å². The summed E-state index contributed by atoms with van der Waals surface area (Å²) in [6, 6.07) is 4.40. The number of aromatic carboxylic acids is 1. The molecule has 0 spiro atoms. The molecule has 23 heavy (non-hydrogen) atoms. The van der Waals surface area contributed by atoms with Gasteiger partial charge in [0.05, 0.1) is 18.7 Å². The highest BCUT2D eigenvalue weighted by atomic mass is 16.6. The first kappa shape index (κ1) is 18.8. The molecule has 0 saturated heterocycles. The predicted molar refractivity (Wildman–Crippen MR) is 86.3 cm³/mol. The van der Waals surface area contributed by atoms with Gasteiger partial charge in [-0.2, -0.15) is 0 Å². The number of benzene rings is 1. The van der Waals surface area contributed by atoms with Gasteiger partial charge < -0.3 is 25.2 Å². The molecule has 3 N–H and O–H groups in total. The van der Waals surface area contributed by atoms with Gasteiger partial charge in [0, 0.05) is 19.3 Å². The van der Waals surface area contributed by atoms with E-state index in [1.165, 1.54) is 30.2 Å². The number of carbonyl (C=O) groups is 2.